The second-order valence-corrected chi connectivity index (χ2v) is 7.04. The summed E-state index contributed by atoms with van der Waals surface area (Å²) in [5.41, 5.74) is -2.72. The maximum atomic E-state index is 13.8. The van der Waals surface area contributed by atoms with Gasteiger partial charge in [-0.3, -0.25) is 4.79 Å². The van der Waals surface area contributed by atoms with Gasteiger partial charge in [-0.25, -0.2) is 4.79 Å². The second kappa shape index (κ2) is 7.10. The van der Waals surface area contributed by atoms with E-state index >= 15 is 0 Å². The lowest BCUT2D eigenvalue weighted by Gasteiger charge is -2.45. The molecule has 1 fully saturated rings. The Balaban J connectivity index is 2.15. The number of carbonyl (C=O) groups excluding carboxylic acids is 2. The van der Waals surface area contributed by atoms with E-state index in [4.69, 9.17) is 11.6 Å². The van der Waals surface area contributed by atoms with Gasteiger partial charge in [-0.1, -0.05) is 41.4 Å². The van der Waals surface area contributed by atoms with Crippen LogP contribution in [0, 0.1) is 12.8 Å². The Morgan fingerprint density at radius 1 is 1.11 bits per heavy atom. The number of aliphatic hydroxyl groups is 1. The molecule has 2 aromatic carbocycles. The number of rotatable bonds is 3. The third-order valence-corrected chi connectivity index (χ3v) is 4.91. The molecular formula is C19H16ClF3N2O3. The van der Waals surface area contributed by atoms with Crippen molar-refractivity contribution in [2.45, 2.75) is 24.9 Å². The molecule has 0 unspecified atom stereocenters. The predicted octanol–water partition coefficient (Wildman–Crippen LogP) is 3.75. The van der Waals surface area contributed by atoms with Crippen LogP contribution in [0.3, 0.4) is 0 Å². The molecule has 3 N–H and O–H groups in total. The molecular weight excluding hydrogens is 397 g/mol. The topological polar surface area (TPSA) is 78.4 Å². The van der Waals surface area contributed by atoms with Crippen LogP contribution in [0.25, 0.3) is 0 Å². The molecule has 0 bridgehead atoms. The molecule has 9 heteroatoms. The number of aryl methyl sites for hydroxylation is 1. The van der Waals surface area contributed by atoms with Crippen LogP contribution in [0.2, 0.25) is 5.02 Å². The number of amides is 2. The van der Waals surface area contributed by atoms with E-state index < -0.39 is 35.7 Å². The first-order valence-corrected chi connectivity index (χ1v) is 8.65. The van der Waals surface area contributed by atoms with Crippen molar-refractivity contribution in [3.8, 4) is 0 Å². The van der Waals surface area contributed by atoms with Crippen molar-refractivity contribution in [2.24, 2.45) is 5.92 Å². The number of benzene rings is 2. The van der Waals surface area contributed by atoms with Gasteiger partial charge in [0.15, 0.2) is 5.78 Å². The SMILES string of the molecule is Cc1ccc([C@@H]2NC(=O)N[C@@](O)(C(F)(F)F)[C@@H]2C(=O)c2ccc(Cl)cc2)cc1. The van der Waals surface area contributed by atoms with Gasteiger partial charge < -0.3 is 15.7 Å². The van der Waals surface area contributed by atoms with Crippen LogP contribution in [-0.4, -0.2) is 28.8 Å². The zero-order valence-electron chi connectivity index (χ0n) is 14.5. The predicted molar refractivity (Wildman–Crippen MR) is 95.9 cm³/mol. The number of alkyl halides is 3. The van der Waals surface area contributed by atoms with Crippen LogP contribution < -0.4 is 10.6 Å². The molecule has 148 valence electrons. The van der Waals surface area contributed by atoms with E-state index in [9.17, 15) is 27.9 Å². The molecule has 5 nitrogen and oxygen atoms in total. The van der Waals surface area contributed by atoms with Gasteiger partial charge in [-0.2, -0.15) is 13.2 Å². The lowest BCUT2D eigenvalue weighted by atomic mass is 9.77. The molecule has 1 aliphatic rings. The summed E-state index contributed by atoms with van der Waals surface area (Å²) in [4.78, 5) is 25.0. The van der Waals surface area contributed by atoms with Gasteiger partial charge >= 0.3 is 12.2 Å². The summed E-state index contributed by atoms with van der Waals surface area (Å²) >= 11 is 5.78. The van der Waals surface area contributed by atoms with Gasteiger partial charge in [-0.05, 0) is 36.8 Å². The molecule has 3 atom stereocenters. The van der Waals surface area contributed by atoms with Crippen molar-refractivity contribution in [3.05, 3.63) is 70.2 Å². The van der Waals surface area contributed by atoms with E-state index in [2.05, 4.69) is 5.32 Å². The zero-order chi connectivity index (χ0) is 20.7. The molecule has 2 amide bonds. The summed E-state index contributed by atoms with van der Waals surface area (Å²) in [6, 6.07) is 8.91. The first kappa shape index (κ1) is 20.2. The number of carbonyl (C=O) groups is 2. The Labute approximate surface area is 163 Å². The summed E-state index contributed by atoms with van der Waals surface area (Å²) in [5, 5.41) is 14.6. The fraction of sp³-hybridized carbons (Fsp3) is 0.263. The van der Waals surface area contributed by atoms with E-state index in [-0.39, 0.29) is 11.1 Å². The van der Waals surface area contributed by atoms with Gasteiger partial charge in [0.2, 0.25) is 5.72 Å². The number of nitrogens with one attached hydrogen (secondary N) is 2. The Bertz CT molecular complexity index is 900. The Morgan fingerprint density at radius 2 is 1.68 bits per heavy atom. The Morgan fingerprint density at radius 3 is 2.21 bits per heavy atom. The second-order valence-electron chi connectivity index (χ2n) is 6.60. The molecule has 3 rings (SSSR count). The molecule has 0 spiro atoms. The molecule has 1 aliphatic heterocycles. The largest absolute Gasteiger partial charge is 0.437 e. The summed E-state index contributed by atoms with van der Waals surface area (Å²) in [7, 11) is 0. The standard InChI is InChI=1S/C19H16ClF3N2O3/c1-10-2-4-11(5-3-10)15-14(16(26)12-6-8-13(20)9-7-12)18(28,19(21,22)23)25-17(27)24-15/h2-9,14-15,28H,1H3,(H2,24,25,27)/t14-,15-,18-/m0/s1. The lowest BCUT2D eigenvalue weighted by Crippen LogP contribution is -2.72. The van der Waals surface area contributed by atoms with Crippen LogP contribution in [-0.2, 0) is 0 Å². The number of hydrogen-bond donors (Lipinski definition) is 3. The zero-order valence-corrected chi connectivity index (χ0v) is 15.3. The fourth-order valence-electron chi connectivity index (χ4n) is 3.18. The average molecular weight is 413 g/mol. The summed E-state index contributed by atoms with van der Waals surface area (Å²) in [6.45, 7) is 1.78. The van der Waals surface area contributed by atoms with Crippen LogP contribution >= 0.6 is 11.6 Å². The average Bonchev–Trinajstić information content (AvgIpc) is 2.61. The number of ketones is 1. The van der Waals surface area contributed by atoms with E-state index in [1.165, 1.54) is 41.7 Å². The highest BCUT2D eigenvalue weighted by Gasteiger charge is 2.66. The van der Waals surface area contributed by atoms with Gasteiger partial charge in [0, 0.05) is 10.6 Å². The van der Waals surface area contributed by atoms with Gasteiger partial charge in [0.25, 0.3) is 0 Å². The molecule has 1 saturated heterocycles. The van der Waals surface area contributed by atoms with E-state index in [0.29, 0.717) is 5.02 Å². The van der Waals surface area contributed by atoms with Crippen molar-refractivity contribution < 1.29 is 27.9 Å². The van der Waals surface area contributed by atoms with E-state index in [1.54, 1.807) is 19.1 Å². The Kier molecular flexibility index (Phi) is 5.12. The molecule has 0 radical (unpaired) electrons. The van der Waals surface area contributed by atoms with E-state index in [0.717, 1.165) is 5.56 Å². The van der Waals surface area contributed by atoms with Crippen molar-refractivity contribution >= 4 is 23.4 Å². The minimum Gasteiger partial charge on any atom is -0.363 e. The molecule has 2 aromatic rings. The van der Waals surface area contributed by atoms with Crippen molar-refractivity contribution in [3.63, 3.8) is 0 Å². The number of urea groups is 1. The normalized spacial score (nSPS) is 25.0. The molecule has 1 heterocycles. The van der Waals surface area contributed by atoms with E-state index in [1.807, 2.05) is 0 Å². The van der Waals surface area contributed by atoms with Crippen LogP contribution in [0.15, 0.2) is 48.5 Å². The number of hydrogen-bond acceptors (Lipinski definition) is 3. The van der Waals surface area contributed by atoms with Crippen molar-refractivity contribution in [1.29, 1.82) is 0 Å². The fourth-order valence-corrected chi connectivity index (χ4v) is 3.31. The smallest absolute Gasteiger partial charge is 0.363 e. The molecule has 0 saturated carbocycles. The van der Waals surface area contributed by atoms with Crippen LogP contribution in [0.1, 0.15) is 27.5 Å². The highest BCUT2D eigenvalue weighted by atomic mass is 35.5. The highest BCUT2D eigenvalue weighted by Crippen LogP contribution is 2.44. The third kappa shape index (κ3) is 3.57. The summed E-state index contributed by atoms with van der Waals surface area (Å²) in [5.74, 6) is -3.05. The lowest BCUT2D eigenvalue weighted by molar-refractivity contribution is -0.287. The maximum absolute atomic E-state index is 13.8. The van der Waals surface area contributed by atoms with Crippen LogP contribution in [0.4, 0.5) is 18.0 Å². The summed E-state index contributed by atoms with van der Waals surface area (Å²) < 4.78 is 41.3. The Hall–Kier alpha value is -2.58. The number of Topliss-reactive ketones (excluding diaryl/α,β-unsaturated/α-hetero) is 1. The van der Waals surface area contributed by atoms with Crippen molar-refractivity contribution in [1.82, 2.24) is 10.6 Å². The third-order valence-electron chi connectivity index (χ3n) is 4.65. The first-order chi connectivity index (χ1) is 13.0. The van der Waals surface area contributed by atoms with Crippen LogP contribution in [0.5, 0.6) is 0 Å². The molecule has 28 heavy (non-hydrogen) atoms. The van der Waals surface area contributed by atoms with Gasteiger partial charge in [0.1, 0.15) is 5.92 Å². The molecule has 0 aromatic heterocycles. The molecule has 0 aliphatic carbocycles. The van der Waals surface area contributed by atoms with Crippen molar-refractivity contribution in [2.75, 3.05) is 0 Å². The minimum absolute atomic E-state index is 0.0767. The minimum atomic E-state index is -5.29. The monoisotopic (exact) mass is 412 g/mol. The maximum Gasteiger partial charge on any atom is 0.437 e. The van der Waals surface area contributed by atoms with Gasteiger partial charge in [-0.15, -0.1) is 0 Å². The quantitative estimate of drug-likeness (QED) is 0.672. The highest BCUT2D eigenvalue weighted by molar-refractivity contribution is 6.30. The number of halogens is 4. The van der Waals surface area contributed by atoms with Gasteiger partial charge in [0.05, 0.1) is 6.04 Å². The summed E-state index contributed by atoms with van der Waals surface area (Å²) in [6.07, 6.45) is -5.29. The first-order valence-electron chi connectivity index (χ1n) is 8.27.